The Hall–Kier alpha value is -1.88. The van der Waals surface area contributed by atoms with Gasteiger partial charge in [-0.05, 0) is 45.0 Å². The Morgan fingerprint density at radius 3 is 2.95 bits per heavy atom. The van der Waals surface area contributed by atoms with Gasteiger partial charge in [0.1, 0.15) is 11.3 Å². The molecule has 1 unspecified atom stereocenters. The number of fused-ring (bicyclic) bond motifs is 1. The molecule has 2 aromatic rings. The van der Waals surface area contributed by atoms with Crippen LogP contribution >= 0.6 is 0 Å². The molecule has 0 spiro atoms. The highest BCUT2D eigenvalue weighted by Gasteiger charge is 2.19. The summed E-state index contributed by atoms with van der Waals surface area (Å²) in [5.41, 5.74) is 1.27. The van der Waals surface area contributed by atoms with E-state index in [0.717, 1.165) is 18.7 Å². The Morgan fingerprint density at radius 1 is 1.40 bits per heavy atom. The van der Waals surface area contributed by atoms with Gasteiger partial charge in [0.05, 0.1) is 0 Å². The zero-order valence-corrected chi connectivity index (χ0v) is 11.7. The Bertz CT molecular complexity index is 568. The van der Waals surface area contributed by atoms with Crippen LogP contribution in [0.1, 0.15) is 30.3 Å². The third-order valence-corrected chi connectivity index (χ3v) is 3.92. The Kier molecular flexibility index (Phi) is 3.69. The van der Waals surface area contributed by atoms with Crippen LogP contribution in [0.2, 0.25) is 0 Å². The first-order valence-electron chi connectivity index (χ1n) is 7.20. The van der Waals surface area contributed by atoms with E-state index in [9.17, 15) is 4.79 Å². The predicted octanol–water partition coefficient (Wildman–Crippen LogP) is 1.55. The molecular formula is C15H20N4O. The third kappa shape index (κ3) is 2.67. The SMILES string of the molecule is CC(CNC(=O)c1cn2ccccc2n1)N1CCCC1. The van der Waals surface area contributed by atoms with Crippen molar-refractivity contribution in [1.29, 1.82) is 0 Å². The van der Waals surface area contributed by atoms with Crippen molar-refractivity contribution in [1.82, 2.24) is 19.6 Å². The Balaban J connectivity index is 1.61. The molecule has 106 valence electrons. The van der Waals surface area contributed by atoms with E-state index in [1.54, 1.807) is 6.20 Å². The van der Waals surface area contributed by atoms with E-state index in [4.69, 9.17) is 0 Å². The largest absolute Gasteiger partial charge is 0.349 e. The van der Waals surface area contributed by atoms with Crippen molar-refractivity contribution in [3.8, 4) is 0 Å². The van der Waals surface area contributed by atoms with Gasteiger partial charge in [-0.15, -0.1) is 0 Å². The lowest BCUT2D eigenvalue weighted by molar-refractivity contribution is 0.0936. The summed E-state index contributed by atoms with van der Waals surface area (Å²) in [6.45, 7) is 5.12. The van der Waals surface area contributed by atoms with Crippen molar-refractivity contribution in [2.45, 2.75) is 25.8 Å². The number of hydrogen-bond donors (Lipinski definition) is 1. The molecule has 1 saturated heterocycles. The quantitative estimate of drug-likeness (QED) is 0.918. The molecule has 0 aliphatic carbocycles. The fourth-order valence-electron chi connectivity index (χ4n) is 2.69. The fourth-order valence-corrected chi connectivity index (χ4v) is 2.69. The zero-order valence-electron chi connectivity index (χ0n) is 11.7. The fraction of sp³-hybridized carbons (Fsp3) is 0.467. The first-order chi connectivity index (χ1) is 9.74. The zero-order chi connectivity index (χ0) is 13.9. The van der Waals surface area contributed by atoms with Crippen LogP contribution in [0, 0.1) is 0 Å². The molecule has 1 aliphatic heterocycles. The number of likely N-dealkylation sites (tertiary alicyclic amines) is 1. The number of carbonyl (C=O) groups excluding carboxylic acids is 1. The van der Waals surface area contributed by atoms with Crippen molar-refractivity contribution in [3.63, 3.8) is 0 Å². The van der Waals surface area contributed by atoms with Crippen molar-refractivity contribution in [3.05, 3.63) is 36.3 Å². The van der Waals surface area contributed by atoms with Crippen LogP contribution in [0.15, 0.2) is 30.6 Å². The average molecular weight is 272 g/mol. The second-order valence-corrected chi connectivity index (χ2v) is 5.39. The Morgan fingerprint density at radius 2 is 2.20 bits per heavy atom. The van der Waals surface area contributed by atoms with Crippen LogP contribution in [0.3, 0.4) is 0 Å². The summed E-state index contributed by atoms with van der Waals surface area (Å²) >= 11 is 0. The van der Waals surface area contributed by atoms with E-state index in [-0.39, 0.29) is 5.91 Å². The van der Waals surface area contributed by atoms with Gasteiger partial charge < -0.3 is 9.72 Å². The van der Waals surface area contributed by atoms with Gasteiger partial charge in [-0.2, -0.15) is 0 Å². The second kappa shape index (κ2) is 5.63. The third-order valence-electron chi connectivity index (χ3n) is 3.92. The van der Waals surface area contributed by atoms with Crippen LogP contribution in [0.25, 0.3) is 5.65 Å². The summed E-state index contributed by atoms with van der Waals surface area (Å²) in [6.07, 6.45) is 6.20. The molecule has 1 fully saturated rings. The lowest BCUT2D eigenvalue weighted by Crippen LogP contribution is -2.40. The van der Waals surface area contributed by atoms with Gasteiger partial charge in [-0.3, -0.25) is 9.69 Å². The monoisotopic (exact) mass is 272 g/mol. The maximum absolute atomic E-state index is 12.1. The van der Waals surface area contributed by atoms with E-state index < -0.39 is 0 Å². The van der Waals surface area contributed by atoms with E-state index in [1.165, 1.54) is 12.8 Å². The molecule has 0 saturated carbocycles. The number of pyridine rings is 1. The highest BCUT2D eigenvalue weighted by Crippen LogP contribution is 2.11. The number of nitrogens with one attached hydrogen (secondary N) is 1. The number of aromatic nitrogens is 2. The molecule has 3 heterocycles. The normalized spacial score (nSPS) is 17.4. The Labute approximate surface area is 118 Å². The molecule has 3 rings (SSSR count). The molecule has 20 heavy (non-hydrogen) atoms. The molecule has 1 aliphatic rings. The molecular weight excluding hydrogens is 252 g/mol. The summed E-state index contributed by atoms with van der Waals surface area (Å²) in [5, 5.41) is 2.98. The second-order valence-electron chi connectivity index (χ2n) is 5.39. The average Bonchev–Trinajstić information content (AvgIpc) is 3.12. The highest BCUT2D eigenvalue weighted by atomic mass is 16.1. The van der Waals surface area contributed by atoms with Gasteiger partial charge in [-0.25, -0.2) is 4.98 Å². The van der Waals surface area contributed by atoms with Gasteiger partial charge in [-0.1, -0.05) is 6.07 Å². The molecule has 0 radical (unpaired) electrons. The predicted molar refractivity (Wildman–Crippen MR) is 77.8 cm³/mol. The minimum Gasteiger partial charge on any atom is -0.349 e. The van der Waals surface area contributed by atoms with Crippen molar-refractivity contribution in [2.75, 3.05) is 19.6 Å². The molecule has 1 atom stereocenters. The van der Waals surface area contributed by atoms with E-state index in [0.29, 0.717) is 18.3 Å². The molecule has 2 aromatic heterocycles. The summed E-state index contributed by atoms with van der Waals surface area (Å²) in [6, 6.07) is 6.12. The van der Waals surface area contributed by atoms with Crippen LogP contribution in [-0.4, -0.2) is 45.9 Å². The van der Waals surface area contributed by atoms with Crippen molar-refractivity contribution >= 4 is 11.6 Å². The van der Waals surface area contributed by atoms with E-state index in [2.05, 4.69) is 22.1 Å². The molecule has 5 nitrogen and oxygen atoms in total. The smallest absolute Gasteiger partial charge is 0.271 e. The van der Waals surface area contributed by atoms with Crippen LogP contribution in [0.4, 0.5) is 0 Å². The lowest BCUT2D eigenvalue weighted by Gasteiger charge is -2.23. The molecule has 1 amide bonds. The molecule has 0 bridgehead atoms. The summed E-state index contributed by atoms with van der Waals surface area (Å²) in [4.78, 5) is 18.9. The van der Waals surface area contributed by atoms with Gasteiger partial charge in [0.15, 0.2) is 0 Å². The number of nitrogens with zero attached hydrogens (tertiary/aromatic N) is 3. The standard InChI is InChI=1S/C15H20N4O/c1-12(18-7-4-5-8-18)10-16-15(20)13-11-19-9-3-2-6-14(19)17-13/h2-3,6,9,11-12H,4-5,7-8,10H2,1H3,(H,16,20). The first-order valence-corrected chi connectivity index (χ1v) is 7.20. The molecule has 1 N–H and O–H groups in total. The van der Waals surface area contributed by atoms with Crippen LogP contribution < -0.4 is 5.32 Å². The highest BCUT2D eigenvalue weighted by molar-refractivity contribution is 5.92. The van der Waals surface area contributed by atoms with Gasteiger partial charge in [0.25, 0.3) is 5.91 Å². The van der Waals surface area contributed by atoms with Gasteiger partial charge >= 0.3 is 0 Å². The van der Waals surface area contributed by atoms with E-state index in [1.807, 2.05) is 28.8 Å². The van der Waals surface area contributed by atoms with Crippen LogP contribution in [-0.2, 0) is 0 Å². The minimum absolute atomic E-state index is 0.0975. The van der Waals surface area contributed by atoms with Crippen LogP contribution in [0.5, 0.6) is 0 Å². The number of hydrogen-bond acceptors (Lipinski definition) is 3. The van der Waals surface area contributed by atoms with Gasteiger partial charge in [0.2, 0.25) is 0 Å². The van der Waals surface area contributed by atoms with Crippen molar-refractivity contribution in [2.24, 2.45) is 0 Å². The minimum atomic E-state index is -0.0975. The molecule has 0 aromatic carbocycles. The lowest BCUT2D eigenvalue weighted by atomic mass is 10.3. The number of imidazole rings is 1. The summed E-state index contributed by atoms with van der Waals surface area (Å²) < 4.78 is 1.86. The number of carbonyl (C=O) groups is 1. The topological polar surface area (TPSA) is 49.6 Å². The maximum atomic E-state index is 12.1. The summed E-state index contributed by atoms with van der Waals surface area (Å²) in [7, 11) is 0. The molecule has 5 heteroatoms. The van der Waals surface area contributed by atoms with Gasteiger partial charge in [0, 0.05) is 25.0 Å². The van der Waals surface area contributed by atoms with Crippen molar-refractivity contribution < 1.29 is 4.79 Å². The number of rotatable bonds is 4. The van der Waals surface area contributed by atoms with E-state index >= 15 is 0 Å². The summed E-state index contributed by atoms with van der Waals surface area (Å²) in [5.74, 6) is -0.0975. The number of amides is 1. The maximum Gasteiger partial charge on any atom is 0.271 e. The first kappa shape index (κ1) is 13.1.